The van der Waals surface area contributed by atoms with Crippen LogP contribution in [0.5, 0.6) is 5.75 Å². The summed E-state index contributed by atoms with van der Waals surface area (Å²) in [6.45, 7) is 1.84. The molecule has 1 aromatic carbocycles. The van der Waals surface area contributed by atoms with Crippen LogP contribution in [0.1, 0.15) is 23.3 Å². The second-order valence-corrected chi connectivity index (χ2v) is 7.32. The van der Waals surface area contributed by atoms with Gasteiger partial charge in [-0.05, 0) is 43.0 Å². The van der Waals surface area contributed by atoms with Gasteiger partial charge >= 0.3 is 0 Å². The number of carbonyl (C=O) groups is 1. The summed E-state index contributed by atoms with van der Waals surface area (Å²) in [6, 6.07) is 6.83. The highest BCUT2D eigenvalue weighted by molar-refractivity contribution is 6.03. The quantitative estimate of drug-likeness (QED) is 0.602. The number of benzene rings is 1. The molecule has 166 valence electrons. The van der Waals surface area contributed by atoms with E-state index < -0.39 is 34.6 Å². The van der Waals surface area contributed by atoms with Crippen LogP contribution < -0.4 is 10.1 Å². The van der Waals surface area contributed by atoms with Crippen LogP contribution in [-0.4, -0.2) is 35.7 Å². The average molecular weight is 443 g/mol. The SMILES string of the molecule is O=C(Nc1cnccc1OCC1CCOCC1)c1ccc(F)c(-c2c(F)cccc2F)n1. The van der Waals surface area contributed by atoms with Gasteiger partial charge in [0.15, 0.2) is 0 Å². The molecule has 0 spiro atoms. The minimum Gasteiger partial charge on any atom is -0.491 e. The first-order valence-corrected chi connectivity index (χ1v) is 10.1. The minimum absolute atomic E-state index is 0.219. The van der Waals surface area contributed by atoms with E-state index in [1.807, 2.05) is 0 Å². The van der Waals surface area contributed by atoms with Crippen molar-refractivity contribution in [3.8, 4) is 17.0 Å². The first-order valence-electron chi connectivity index (χ1n) is 10.1. The third kappa shape index (κ3) is 4.88. The van der Waals surface area contributed by atoms with Crippen LogP contribution in [0, 0.1) is 23.4 Å². The summed E-state index contributed by atoms with van der Waals surface area (Å²) in [4.78, 5) is 20.6. The van der Waals surface area contributed by atoms with E-state index in [9.17, 15) is 18.0 Å². The van der Waals surface area contributed by atoms with Gasteiger partial charge in [-0.1, -0.05) is 6.07 Å². The van der Waals surface area contributed by atoms with Crippen LogP contribution in [0.25, 0.3) is 11.3 Å². The molecule has 0 unspecified atom stereocenters. The number of halogens is 3. The summed E-state index contributed by atoms with van der Waals surface area (Å²) in [5.41, 5.74) is -1.14. The van der Waals surface area contributed by atoms with Crippen LogP contribution >= 0.6 is 0 Å². The summed E-state index contributed by atoms with van der Waals surface area (Å²) >= 11 is 0. The number of aromatic nitrogens is 2. The van der Waals surface area contributed by atoms with Gasteiger partial charge in [-0.15, -0.1) is 0 Å². The molecule has 0 aliphatic carbocycles. The fraction of sp³-hybridized carbons (Fsp3) is 0.261. The number of hydrogen-bond acceptors (Lipinski definition) is 5. The summed E-state index contributed by atoms with van der Waals surface area (Å²) in [6.07, 6.45) is 4.73. The van der Waals surface area contributed by atoms with Gasteiger partial charge in [-0.25, -0.2) is 18.2 Å². The van der Waals surface area contributed by atoms with Gasteiger partial charge in [0.1, 0.15) is 40.3 Å². The lowest BCUT2D eigenvalue weighted by atomic mass is 10.0. The Balaban J connectivity index is 1.54. The third-order valence-electron chi connectivity index (χ3n) is 5.12. The number of anilines is 1. The molecule has 1 amide bonds. The van der Waals surface area contributed by atoms with Crippen LogP contribution in [0.4, 0.5) is 18.9 Å². The maximum atomic E-state index is 14.3. The van der Waals surface area contributed by atoms with Crippen molar-refractivity contribution < 1.29 is 27.4 Å². The number of carbonyl (C=O) groups excluding carboxylic acids is 1. The second kappa shape index (κ2) is 9.78. The Morgan fingerprint density at radius 2 is 1.81 bits per heavy atom. The van der Waals surface area contributed by atoms with E-state index in [-0.39, 0.29) is 5.69 Å². The first kappa shape index (κ1) is 21.8. The van der Waals surface area contributed by atoms with Gasteiger partial charge in [-0.2, -0.15) is 0 Å². The highest BCUT2D eigenvalue weighted by Crippen LogP contribution is 2.28. The lowest BCUT2D eigenvalue weighted by Gasteiger charge is -2.22. The third-order valence-corrected chi connectivity index (χ3v) is 5.12. The average Bonchev–Trinajstić information content (AvgIpc) is 2.80. The van der Waals surface area contributed by atoms with Crippen molar-refractivity contribution in [2.45, 2.75) is 12.8 Å². The zero-order valence-electron chi connectivity index (χ0n) is 17.0. The predicted octanol–water partition coefficient (Wildman–Crippen LogP) is 4.62. The molecule has 1 N–H and O–H groups in total. The molecule has 3 heterocycles. The lowest BCUT2D eigenvalue weighted by molar-refractivity contribution is 0.0498. The van der Waals surface area contributed by atoms with Gasteiger partial charge in [0.2, 0.25) is 0 Å². The van der Waals surface area contributed by atoms with Gasteiger partial charge in [-0.3, -0.25) is 9.78 Å². The normalized spacial score (nSPS) is 14.2. The maximum Gasteiger partial charge on any atom is 0.274 e. The van der Waals surface area contributed by atoms with Gasteiger partial charge < -0.3 is 14.8 Å². The molecule has 1 fully saturated rings. The molecule has 1 aliphatic rings. The van der Waals surface area contributed by atoms with E-state index in [4.69, 9.17) is 9.47 Å². The molecule has 0 radical (unpaired) electrons. The Morgan fingerprint density at radius 3 is 2.56 bits per heavy atom. The topological polar surface area (TPSA) is 73.3 Å². The Kier molecular flexibility index (Phi) is 6.65. The fourth-order valence-corrected chi connectivity index (χ4v) is 3.38. The van der Waals surface area contributed by atoms with Crippen LogP contribution in [0.15, 0.2) is 48.8 Å². The molecule has 1 aliphatic heterocycles. The number of amides is 1. The second-order valence-electron chi connectivity index (χ2n) is 7.32. The Labute approximate surface area is 182 Å². The Morgan fingerprint density at radius 1 is 1.06 bits per heavy atom. The molecular formula is C23H20F3N3O3. The smallest absolute Gasteiger partial charge is 0.274 e. The number of pyridine rings is 2. The molecule has 4 rings (SSSR count). The fourth-order valence-electron chi connectivity index (χ4n) is 3.38. The van der Waals surface area contributed by atoms with Crippen LogP contribution in [-0.2, 0) is 4.74 Å². The highest BCUT2D eigenvalue weighted by atomic mass is 19.1. The zero-order chi connectivity index (χ0) is 22.5. The molecule has 3 aromatic rings. The van der Waals surface area contributed by atoms with E-state index in [1.165, 1.54) is 12.4 Å². The van der Waals surface area contributed by atoms with Crippen molar-refractivity contribution in [1.82, 2.24) is 9.97 Å². The Hall–Kier alpha value is -3.46. The van der Waals surface area contributed by atoms with Gasteiger partial charge in [0.05, 0.1) is 18.4 Å². The number of ether oxygens (including phenoxy) is 2. The van der Waals surface area contributed by atoms with Gasteiger partial charge in [0, 0.05) is 25.5 Å². The lowest BCUT2D eigenvalue weighted by Crippen LogP contribution is -2.22. The summed E-state index contributed by atoms with van der Waals surface area (Å²) in [5, 5.41) is 2.62. The minimum atomic E-state index is -0.981. The molecule has 1 saturated heterocycles. The monoisotopic (exact) mass is 443 g/mol. The molecule has 9 heteroatoms. The van der Waals surface area contributed by atoms with Gasteiger partial charge in [0.25, 0.3) is 5.91 Å². The van der Waals surface area contributed by atoms with Crippen LogP contribution in [0.3, 0.4) is 0 Å². The largest absolute Gasteiger partial charge is 0.491 e. The van der Waals surface area contributed by atoms with Crippen molar-refractivity contribution >= 4 is 11.6 Å². The van der Waals surface area contributed by atoms with Crippen LogP contribution in [0.2, 0.25) is 0 Å². The van der Waals surface area contributed by atoms with E-state index in [0.29, 0.717) is 37.2 Å². The molecular weight excluding hydrogens is 423 g/mol. The molecule has 6 nitrogen and oxygen atoms in total. The van der Waals surface area contributed by atoms with Crippen molar-refractivity contribution in [1.29, 1.82) is 0 Å². The van der Waals surface area contributed by atoms with E-state index in [0.717, 1.165) is 43.2 Å². The van der Waals surface area contributed by atoms with E-state index in [1.54, 1.807) is 6.07 Å². The molecule has 0 bridgehead atoms. The molecule has 0 saturated carbocycles. The van der Waals surface area contributed by atoms with E-state index >= 15 is 0 Å². The standard InChI is InChI=1S/C23H20F3N3O3/c24-15-2-1-3-16(25)21(15)22-17(26)4-5-18(28-22)23(30)29-19-12-27-9-6-20(19)32-13-14-7-10-31-11-8-14/h1-6,9,12,14H,7-8,10-11,13H2,(H,29,30). The first-order chi connectivity index (χ1) is 15.5. The Bertz CT molecular complexity index is 1100. The summed E-state index contributed by atoms with van der Waals surface area (Å²) in [5.74, 6) is -2.85. The van der Waals surface area contributed by atoms with Crippen molar-refractivity contribution in [2.75, 3.05) is 25.1 Å². The van der Waals surface area contributed by atoms with Crippen molar-refractivity contribution in [3.63, 3.8) is 0 Å². The number of nitrogens with one attached hydrogen (secondary N) is 1. The van der Waals surface area contributed by atoms with Crippen molar-refractivity contribution in [3.05, 3.63) is 71.9 Å². The number of nitrogens with zero attached hydrogens (tertiary/aromatic N) is 2. The summed E-state index contributed by atoms with van der Waals surface area (Å²) in [7, 11) is 0. The number of hydrogen-bond donors (Lipinski definition) is 1. The molecule has 0 atom stereocenters. The van der Waals surface area contributed by atoms with Crippen molar-refractivity contribution in [2.24, 2.45) is 5.92 Å². The molecule has 32 heavy (non-hydrogen) atoms. The van der Waals surface area contributed by atoms with E-state index in [2.05, 4.69) is 15.3 Å². The predicted molar refractivity (Wildman–Crippen MR) is 111 cm³/mol. The highest BCUT2D eigenvalue weighted by Gasteiger charge is 2.20. The summed E-state index contributed by atoms with van der Waals surface area (Å²) < 4.78 is 53.7. The maximum absolute atomic E-state index is 14.3. The zero-order valence-corrected chi connectivity index (χ0v) is 17.0. The molecule has 2 aromatic heterocycles. The number of rotatable bonds is 6.